The molecule has 0 aromatic heterocycles. The zero-order valence-corrected chi connectivity index (χ0v) is 13.0. The van der Waals surface area contributed by atoms with E-state index in [0.29, 0.717) is 29.1 Å². The summed E-state index contributed by atoms with van der Waals surface area (Å²) in [6, 6.07) is 10.7. The lowest BCUT2D eigenvalue weighted by molar-refractivity contribution is 0.0691. The molecule has 5 heteroatoms. The molecule has 1 aliphatic carbocycles. The number of carboxylic acids is 1. The minimum atomic E-state index is -0.915. The first-order valence-electron chi connectivity index (χ1n) is 7.51. The van der Waals surface area contributed by atoms with Crippen molar-refractivity contribution in [2.45, 2.75) is 25.4 Å². The van der Waals surface area contributed by atoms with Gasteiger partial charge < -0.3 is 10.0 Å². The first kappa shape index (κ1) is 14.3. The van der Waals surface area contributed by atoms with Gasteiger partial charge in [-0.25, -0.2) is 4.79 Å². The van der Waals surface area contributed by atoms with Crippen molar-refractivity contribution in [1.29, 1.82) is 0 Å². The average Bonchev–Trinajstić information content (AvgIpc) is 3.09. The highest BCUT2D eigenvalue weighted by atomic mass is 35.5. The third kappa shape index (κ3) is 2.05. The van der Waals surface area contributed by atoms with E-state index in [1.807, 2.05) is 23.1 Å². The maximum atomic E-state index is 12.8. The summed E-state index contributed by atoms with van der Waals surface area (Å²) in [5.41, 5.74) is 3.65. The number of halogens is 1. The van der Waals surface area contributed by atoms with E-state index in [9.17, 15) is 14.7 Å². The van der Waals surface area contributed by atoms with Crippen LogP contribution in [0.15, 0.2) is 36.4 Å². The predicted octanol–water partition coefficient (Wildman–Crippen LogP) is 3.68. The van der Waals surface area contributed by atoms with Crippen LogP contribution in [0.5, 0.6) is 0 Å². The van der Waals surface area contributed by atoms with E-state index in [0.717, 1.165) is 23.1 Å². The van der Waals surface area contributed by atoms with Crippen molar-refractivity contribution in [2.75, 3.05) is 0 Å². The zero-order valence-electron chi connectivity index (χ0n) is 12.3. The molecule has 0 saturated heterocycles. The number of amides is 1. The summed E-state index contributed by atoms with van der Waals surface area (Å²) in [6.07, 6.45) is 1.42. The van der Waals surface area contributed by atoms with Crippen molar-refractivity contribution in [3.05, 3.63) is 69.2 Å². The fraction of sp³-hybridized carbons (Fsp3) is 0.222. The highest BCUT2D eigenvalue weighted by molar-refractivity contribution is 6.34. The number of benzene rings is 2. The van der Waals surface area contributed by atoms with Crippen molar-refractivity contribution in [2.24, 2.45) is 0 Å². The average molecular weight is 328 g/mol. The molecule has 23 heavy (non-hydrogen) atoms. The van der Waals surface area contributed by atoms with Gasteiger partial charge in [0.15, 0.2) is 0 Å². The molecule has 1 N–H and O–H groups in total. The fourth-order valence-electron chi connectivity index (χ4n) is 3.75. The van der Waals surface area contributed by atoms with Gasteiger partial charge in [0.25, 0.3) is 5.91 Å². The second-order valence-corrected chi connectivity index (χ2v) is 6.35. The second-order valence-electron chi connectivity index (χ2n) is 5.94. The Morgan fingerprint density at radius 3 is 2.74 bits per heavy atom. The lowest BCUT2D eigenvalue weighted by Gasteiger charge is -2.25. The van der Waals surface area contributed by atoms with Crippen LogP contribution >= 0.6 is 11.6 Å². The predicted molar refractivity (Wildman–Crippen MR) is 85.8 cm³/mol. The van der Waals surface area contributed by atoms with Crippen LogP contribution in [-0.2, 0) is 13.0 Å². The number of carboxylic acid groups (broad SMARTS) is 1. The van der Waals surface area contributed by atoms with Gasteiger partial charge in [0.1, 0.15) is 0 Å². The first-order valence-corrected chi connectivity index (χ1v) is 7.89. The number of nitrogens with zero attached hydrogens (tertiary/aromatic N) is 1. The van der Waals surface area contributed by atoms with Gasteiger partial charge in [0.05, 0.1) is 22.2 Å². The summed E-state index contributed by atoms with van der Waals surface area (Å²) in [6.45, 7) is 0.524. The van der Waals surface area contributed by atoms with Crippen LogP contribution in [0.1, 0.15) is 49.9 Å². The van der Waals surface area contributed by atoms with E-state index in [4.69, 9.17) is 11.6 Å². The molecule has 0 fully saturated rings. The van der Waals surface area contributed by atoms with Crippen LogP contribution in [0.3, 0.4) is 0 Å². The van der Waals surface area contributed by atoms with E-state index in [1.165, 1.54) is 0 Å². The largest absolute Gasteiger partial charge is 0.478 e. The van der Waals surface area contributed by atoms with Crippen LogP contribution in [0.25, 0.3) is 0 Å². The van der Waals surface area contributed by atoms with E-state index < -0.39 is 5.97 Å². The van der Waals surface area contributed by atoms with Crippen LogP contribution < -0.4 is 0 Å². The molecule has 1 atom stereocenters. The van der Waals surface area contributed by atoms with E-state index >= 15 is 0 Å². The number of fused-ring (bicyclic) bond motifs is 2. The Morgan fingerprint density at radius 1 is 1.22 bits per heavy atom. The summed E-state index contributed by atoms with van der Waals surface area (Å²) >= 11 is 6.18. The molecular weight excluding hydrogens is 314 g/mol. The Bertz CT molecular complexity index is 846. The van der Waals surface area contributed by atoms with Gasteiger partial charge in [0.2, 0.25) is 0 Å². The Labute approximate surface area is 138 Å². The highest BCUT2D eigenvalue weighted by Gasteiger charge is 2.38. The normalized spacial score (nSPS) is 18.9. The number of carbonyl (C=O) groups excluding carboxylic acids is 1. The van der Waals surface area contributed by atoms with Crippen LogP contribution in [0.4, 0.5) is 0 Å². The molecule has 0 spiro atoms. The van der Waals surface area contributed by atoms with E-state index in [1.54, 1.807) is 18.2 Å². The molecule has 0 saturated carbocycles. The lowest BCUT2D eigenvalue weighted by atomic mass is 10.0. The maximum absolute atomic E-state index is 12.8. The van der Waals surface area contributed by atoms with Crippen LogP contribution in [0, 0.1) is 0 Å². The van der Waals surface area contributed by atoms with Gasteiger partial charge in [-0.2, -0.15) is 0 Å². The minimum Gasteiger partial charge on any atom is -0.478 e. The number of hydrogen-bond acceptors (Lipinski definition) is 2. The van der Waals surface area contributed by atoms with Gasteiger partial charge >= 0.3 is 5.97 Å². The molecule has 0 unspecified atom stereocenters. The quantitative estimate of drug-likeness (QED) is 0.915. The SMILES string of the molecule is O=C(O)c1cccc2c1CC[C@@H]2N1Cc2cccc(Cl)c2C1=O. The molecule has 2 aromatic rings. The smallest absolute Gasteiger partial charge is 0.335 e. The number of hydrogen-bond donors (Lipinski definition) is 1. The van der Waals surface area contributed by atoms with E-state index in [-0.39, 0.29) is 11.9 Å². The van der Waals surface area contributed by atoms with Gasteiger partial charge in [0, 0.05) is 6.54 Å². The van der Waals surface area contributed by atoms with Crippen molar-refractivity contribution >= 4 is 23.5 Å². The molecule has 1 heterocycles. The maximum Gasteiger partial charge on any atom is 0.335 e. The molecular formula is C18H14ClNO3. The molecule has 0 bridgehead atoms. The first-order chi connectivity index (χ1) is 11.1. The minimum absolute atomic E-state index is 0.0656. The topological polar surface area (TPSA) is 57.6 Å². The third-order valence-electron chi connectivity index (χ3n) is 4.76. The summed E-state index contributed by atoms with van der Waals surface area (Å²) in [5.74, 6) is -0.981. The molecule has 2 aromatic carbocycles. The summed E-state index contributed by atoms with van der Waals surface area (Å²) in [5, 5.41) is 9.81. The van der Waals surface area contributed by atoms with E-state index in [2.05, 4.69) is 0 Å². The molecule has 1 amide bonds. The van der Waals surface area contributed by atoms with Crippen molar-refractivity contribution < 1.29 is 14.7 Å². The van der Waals surface area contributed by atoms with Crippen molar-refractivity contribution in [1.82, 2.24) is 4.90 Å². The Kier molecular flexibility index (Phi) is 3.16. The lowest BCUT2D eigenvalue weighted by Crippen LogP contribution is -2.27. The molecule has 4 nitrogen and oxygen atoms in total. The second kappa shape index (κ2) is 5.10. The van der Waals surface area contributed by atoms with Gasteiger partial charge in [-0.15, -0.1) is 0 Å². The molecule has 116 valence electrons. The van der Waals surface area contributed by atoms with Gasteiger partial charge in [-0.3, -0.25) is 4.79 Å². The fourth-order valence-corrected chi connectivity index (χ4v) is 4.02. The number of carbonyl (C=O) groups is 2. The number of rotatable bonds is 2. The Morgan fingerprint density at radius 2 is 2.00 bits per heavy atom. The Balaban J connectivity index is 1.74. The van der Waals surface area contributed by atoms with Gasteiger partial charge in [-0.05, 0) is 41.7 Å². The van der Waals surface area contributed by atoms with Crippen LogP contribution in [0.2, 0.25) is 5.02 Å². The summed E-state index contributed by atoms with van der Waals surface area (Å²) in [4.78, 5) is 25.9. The molecule has 0 radical (unpaired) electrons. The monoisotopic (exact) mass is 327 g/mol. The standard InChI is InChI=1S/C18H14ClNO3/c19-14-6-1-3-10-9-20(17(21)16(10)14)15-8-7-11-12(15)4-2-5-13(11)18(22)23/h1-6,15H,7-9H2,(H,22,23)/t15-/m0/s1. The summed E-state index contributed by atoms with van der Waals surface area (Å²) < 4.78 is 0. The molecule has 2 aliphatic rings. The van der Waals surface area contributed by atoms with Crippen LogP contribution in [-0.4, -0.2) is 21.9 Å². The molecule has 4 rings (SSSR count). The highest BCUT2D eigenvalue weighted by Crippen LogP contribution is 2.42. The van der Waals surface area contributed by atoms with Gasteiger partial charge in [-0.1, -0.05) is 35.9 Å². The summed E-state index contributed by atoms with van der Waals surface area (Å²) in [7, 11) is 0. The third-order valence-corrected chi connectivity index (χ3v) is 5.08. The molecule has 1 aliphatic heterocycles. The zero-order chi connectivity index (χ0) is 16.1. The number of aromatic carboxylic acids is 1. The van der Waals surface area contributed by atoms with Crippen molar-refractivity contribution in [3.8, 4) is 0 Å². The van der Waals surface area contributed by atoms with Crippen molar-refractivity contribution in [3.63, 3.8) is 0 Å². The Hall–Kier alpha value is -2.33.